The van der Waals surface area contributed by atoms with Gasteiger partial charge in [-0.05, 0) is 44.7 Å². The second kappa shape index (κ2) is 7.02. The molecule has 0 unspecified atom stereocenters. The van der Waals surface area contributed by atoms with Crippen molar-refractivity contribution in [2.45, 2.75) is 49.8 Å². The molecule has 0 aromatic heterocycles. The monoisotopic (exact) mass is 407 g/mol. The first-order valence-electron chi connectivity index (χ1n) is 8.88. The number of alkyl halides is 3. The Morgan fingerprint density at radius 1 is 1.19 bits per heavy atom. The highest BCUT2D eigenvalue weighted by atomic mass is 32.2. The van der Waals surface area contributed by atoms with Gasteiger partial charge in [0, 0.05) is 18.5 Å². The second-order valence-electron chi connectivity index (χ2n) is 8.01. The molecule has 0 radical (unpaired) electrons. The van der Waals surface area contributed by atoms with Gasteiger partial charge in [0.05, 0.1) is 23.0 Å². The van der Waals surface area contributed by atoms with Crippen LogP contribution in [-0.2, 0) is 14.9 Å². The summed E-state index contributed by atoms with van der Waals surface area (Å²) in [7, 11) is -4.02. The third kappa shape index (κ3) is 4.64. The van der Waals surface area contributed by atoms with E-state index in [-0.39, 0.29) is 30.4 Å². The van der Waals surface area contributed by atoms with Gasteiger partial charge in [0.1, 0.15) is 0 Å². The molecule has 3 fully saturated rings. The van der Waals surface area contributed by atoms with Crippen LogP contribution in [0.3, 0.4) is 0 Å². The van der Waals surface area contributed by atoms with E-state index < -0.39 is 21.7 Å². The Hall–Kier alpha value is -1.16. The van der Waals surface area contributed by atoms with Crippen molar-refractivity contribution in [3.63, 3.8) is 0 Å². The number of ether oxygens (including phenoxy) is 1. The fourth-order valence-corrected chi connectivity index (χ4v) is 3.92. The van der Waals surface area contributed by atoms with Gasteiger partial charge < -0.3 is 10.1 Å². The van der Waals surface area contributed by atoms with Gasteiger partial charge in [-0.2, -0.15) is 21.6 Å². The van der Waals surface area contributed by atoms with E-state index in [1.54, 1.807) is 12.1 Å². The number of nitrogens with one attached hydrogen (secondary N) is 1. The molecule has 1 heterocycles. The van der Waals surface area contributed by atoms with E-state index >= 15 is 0 Å². The minimum absolute atomic E-state index is 0.0666. The Morgan fingerprint density at radius 2 is 1.74 bits per heavy atom. The van der Waals surface area contributed by atoms with Gasteiger partial charge >= 0.3 is 6.18 Å². The molecule has 9 heteroatoms. The van der Waals surface area contributed by atoms with Crippen LogP contribution in [-0.4, -0.2) is 44.9 Å². The van der Waals surface area contributed by atoms with Crippen molar-refractivity contribution in [2.24, 2.45) is 10.8 Å². The number of aryl methyl sites for hydroxylation is 1. The number of hydrogen-bond acceptors (Lipinski definition) is 4. The minimum atomic E-state index is -4.08. The van der Waals surface area contributed by atoms with Crippen molar-refractivity contribution < 1.29 is 30.9 Å². The van der Waals surface area contributed by atoms with Gasteiger partial charge in [-0.1, -0.05) is 17.7 Å². The van der Waals surface area contributed by atoms with Crippen LogP contribution in [0, 0.1) is 17.8 Å². The molecule has 1 aromatic rings. The van der Waals surface area contributed by atoms with Crippen LogP contribution >= 0.6 is 0 Å². The highest BCUT2D eigenvalue weighted by Gasteiger charge is 2.64. The summed E-state index contributed by atoms with van der Waals surface area (Å²) >= 11 is 0. The first-order valence-corrected chi connectivity index (χ1v) is 10.3. The normalized spacial score (nSPS) is 23.0. The quantitative estimate of drug-likeness (QED) is 0.749. The Labute approximate surface area is 157 Å². The maximum atomic E-state index is 12.6. The third-order valence-electron chi connectivity index (χ3n) is 5.69. The van der Waals surface area contributed by atoms with E-state index in [9.17, 15) is 21.6 Å². The molecule has 1 saturated heterocycles. The fraction of sp³-hybridized carbons (Fsp3) is 0.667. The lowest BCUT2D eigenvalue weighted by Crippen LogP contribution is -2.62. The number of benzene rings is 1. The van der Waals surface area contributed by atoms with Gasteiger partial charge in [0.2, 0.25) is 0 Å². The van der Waals surface area contributed by atoms with Gasteiger partial charge in [-0.3, -0.25) is 4.55 Å². The molecule has 0 atom stereocenters. The predicted molar refractivity (Wildman–Crippen MR) is 93.0 cm³/mol. The Balaban J connectivity index is 0.000000168. The minimum Gasteiger partial charge on any atom is -0.377 e. The first kappa shape index (κ1) is 20.6. The van der Waals surface area contributed by atoms with Crippen LogP contribution in [0.1, 0.15) is 31.2 Å². The maximum Gasteiger partial charge on any atom is 0.396 e. The molecule has 1 aliphatic heterocycles. The topological polar surface area (TPSA) is 75.6 Å². The Kier molecular flexibility index (Phi) is 5.35. The van der Waals surface area contributed by atoms with E-state index in [1.807, 2.05) is 6.92 Å². The van der Waals surface area contributed by atoms with Crippen molar-refractivity contribution in [1.29, 1.82) is 0 Å². The SMILES string of the molecule is Cc1ccc(S(=O)(=O)O)cc1.FC(F)(F)C1(COC2CC3(CNC3)C2)CC1. The molecule has 2 aliphatic carbocycles. The third-order valence-corrected chi connectivity index (χ3v) is 6.56. The zero-order chi connectivity index (χ0) is 19.9. The summed E-state index contributed by atoms with van der Waals surface area (Å²) in [5.41, 5.74) is -0.162. The van der Waals surface area contributed by atoms with Crippen LogP contribution in [0.25, 0.3) is 0 Å². The molecule has 2 N–H and O–H groups in total. The number of halogens is 3. The molecule has 2 saturated carbocycles. The molecule has 152 valence electrons. The predicted octanol–water partition coefficient (Wildman–Crippen LogP) is 3.34. The summed E-state index contributed by atoms with van der Waals surface area (Å²) in [6.45, 7) is 3.74. The summed E-state index contributed by atoms with van der Waals surface area (Å²) in [4.78, 5) is -0.0666. The van der Waals surface area contributed by atoms with Crippen molar-refractivity contribution in [3.8, 4) is 0 Å². The van der Waals surface area contributed by atoms with Crippen LogP contribution in [0.15, 0.2) is 29.2 Å². The van der Waals surface area contributed by atoms with Crippen LogP contribution in [0.5, 0.6) is 0 Å². The summed E-state index contributed by atoms with van der Waals surface area (Å²) in [6.07, 6.45) is -1.64. The number of rotatable bonds is 4. The first-order chi connectivity index (χ1) is 12.4. The van der Waals surface area contributed by atoms with Crippen LogP contribution < -0.4 is 5.32 Å². The average Bonchev–Trinajstić information content (AvgIpc) is 3.25. The lowest BCUT2D eigenvalue weighted by atomic mass is 9.63. The Morgan fingerprint density at radius 3 is 2.11 bits per heavy atom. The zero-order valence-electron chi connectivity index (χ0n) is 15.1. The summed E-state index contributed by atoms with van der Waals surface area (Å²) in [5, 5.41) is 3.20. The molecule has 1 aromatic carbocycles. The van der Waals surface area contributed by atoms with Crippen LogP contribution in [0.2, 0.25) is 0 Å². The largest absolute Gasteiger partial charge is 0.396 e. The van der Waals surface area contributed by atoms with E-state index in [0.717, 1.165) is 31.5 Å². The molecule has 27 heavy (non-hydrogen) atoms. The summed E-state index contributed by atoms with van der Waals surface area (Å²) in [5.74, 6) is 0. The summed E-state index contributed by atoms with van der Waals surface area (Å²) < 4.78 is 72.8. The smallest absolute Gasteiger partial charge is 0.377 e. The molecule has 5 nitrogen and oxygen atoms in total. The van der Waals surface area contributed by atoms with Gasteiger partial charge in [-0.25, -0.2) is 0 Å². The van der Waals surface area contributed by atoms with Crippen molar-refractivity contribution in [1.82, 2.24) is 5.32 Å². The molecule has 3 aliphatic rings. The van der Waals surface area contributed by atoms with E-state index in [0.29, 0.717) is 5.41 Å². The molecule has 1 spiro atoms. The van der Waals surface area contributed by atoms with Crippen molar-refractivity contribution in [3.05, 3.63) is 29.8 Å². The van der Waals surface area contributed by atoms with E-state index in [4.69, 9.17) is 9.29 Å². The van der Waals surface area contributed by atoms with Gasteiger partial charge in [0.15, 0.2) is 0 Å². The molecular weight excluding hydrogens is 383 g/mol. The highest BCUT2D eigenvalue weighted by Crippen LogP contribution is 2.58. The van der Waals surface area contributed by atoms with Gasteiger partial charge in [0.25, 0.3) is 10.1 Å². The average molecular weight is 407 g/mol. The van der Waals surface area contributed by atoms with Crippen LogP contribution in [0.4, 0.5) is 13.2 Å². The maximum absolute atomic E-state index is 12.6. The van der Waals surface area contributed by atoms with Crippen molar-refractivity contribution >= 4 is 10.1 Å². The lowest BCUT2D eigenvalue weighted by Gasteiger charge is -2.54. The highest BCUT2D eigenvalue weighted by molar-refractivity contribution is 7.85. The molecule has 0 amide bonds. The van der Waals surface area contributed by atoms with E-state index in [1.165, 1.54) is 12.1 Å². The second-order valence-corrected chi connectivity index (χ2v) is 9.43. The van der Waals surface area contributed by atoms with E-state index in [2.05, 4.69) is 5.32 Å². The Bertz CT molecular complexity index is 761. The van der Waals surface area contributed by atoms with Gasteiger partial charge in [-0.15, -0.1) is 0 Å². The number of hydrogen-bond donors (Lipinski definition) is 2. The molecule has 4 rings (SSSR count). The summed E-state index contributed by atoms with van der Waals surface area (Å²) in [6, 6.07) is 5.99. The molecule has 0 bridgehead atoms. The molecular formula is C18H24F3NO4S. The van der Waals surface area contributed by atoms with Crippen molar-refractivity contribution in [2.75, 3.05) is 19.7 Å². The fourth-order valence-electron chi connectivity index (χ4n) is 3.44. The zero-order valence-corrected chi connectivity index (χ0v) is 15.9. The standard InChI is InChI=1S/C11H16F3NO.C7H8O3S/c12-11(13,14)10(1-2-10)7-16-8-3-9(4-8)5-15-6-9;1-6-2-4-7(5-3-6)11(8,9)10/h8,15H,1-7H2;2-5H,1H3,(H,8,9,10). The lowest BCUT2D eigenvalue weighted by molar-refractivity contribution is -0.215.